The van der Waals surface area contributed by atoms with Crippen LogP contribution < -0.4 is 5.73 Å². The average molecular weight is 294 g/mol. The molecule has 1 saturated heterocycles. The highest BCUT2D eigenvalue weighted by Gasteiger charge is 2.25. The normalized spacial score (nSPS) is 19.9. The molecule has 0 saturated carbocycles. The van der Waals surface area contributed by atoms with Crippen LogP contribution in [0.15, 0.2) is 6.20 Å². The van der Waals surface area contributed by atoms with E-state index in [-0.39, 0.29) is 12.0 Å². The third kappa shape index (κ3) is 3.83. The maximum atomic E-state index is 12.7. The van der Waals surface area contributed by atoms with Crippen LogP contribution in [0, 0.1) is 12.8 Å². The summed E-state index contributed by atoms with van der Waals surface area (Å²) in [6.07, 6.45) is 2.47. The van der Waals surface area contributed by atoms with Gasteiger partial charge in [0.25, 0.3) is 5.91 Å². The molecule has 1 amide bonds. The van der Waals surface area contributed by atoms with Gasteiger partial charge in [0.1, 0.15) is 0 Å². The molecule has 2 N–H and O–H groups in total. The van der Waals surface area contributed by atoms with Crippen LogP contribution in [0.3, 0.4) is 0 Å². The van der Waals surface area contributed by atoms with Crippen LogP contribution in [0.25, 0.3) is 0 Å². The molecule has 0 spiro atoms. The average Bonchev–Trinajstić information content (AvgIpc) is 2.68. The number of nitrogens with zero attached hydrogens (tertiary/aromatic N) is 3. The predicted molar refractivity (Wildman–Crippen MR) is 81.1 cm³/mol. The summed E-state index contributed by atoms with van der Waals surface area (Å²) in [5, 5.41) is 4.35. The molecular weight excluding hydrogens is 268 g/mol. The minimum Gasteiger partial charge on any atom is -0.375 e. The quantitative estimate of drug-likeness (QED) is 0.900. The predicted octanol–water partition coefficient (Wildman–Crippen LogP) is 1.04. The van der Waals surface area contributed by atoms with E-state index in [0.717, 1.165) is 18.7 Å². The smallest absolute Gasteiger partial charge is 0.257 e. The van der Waals surface area contributed by atoms with Gasteiger partial charge in [-0.15, -0.1) is 0 Å². The van der Waals surface area contributed by atoms with E-state index < -0.39 is 0 Å². The van der Waals surface area contributed by atoms with Crippen LogP contribution >= 0.6 is 0 Å². The SMILES string of the molecule is Cc1c(C(=O)N2CCCOC(CN)C2)cnn1CC(C)C. The molecule has 0 aromatic carbocycles. The van der Waals surface area contributed by atoms with E-state index >= 15 is 0 Å². The van der Waals surface area contributed by atoms with Crippen LogP contribution in [-0.2, 0) is 11.3 Å². The van der Waals surface area contributed by atoms with E-state index in [1.807, 2.05) is 16.5 Å². The molecule has 1 atom stereocenters. The minimum atomic E-state index is -0.0672. The Morgan fingerprint density at radius 1 is 1.57 bits per heavy atom. The van der Waals surface area contributed by atoms with Crippen LogP contribution in [0.1, 0.15) is 36.3 Å². The summed E-state index contributed by atoms with van der Waals surface area (Å²) in [6.45, 7) is 9.44. The molecule has 0 radical (unpaired) electrons. The van der Waals surface area contributed by atoms with Crippen LogP contribution in [0.2, 0.25) is 0 Å². The van der Waals surface area contributed by atoms with Crippen LogP contribution in [0.4, 0.5) is 0 Å². The molecule has 1 aliphatic heterocycles. The number of aromatic nitrogens is 2. The lowest BCUT2D eigenvalue weighted by atomic mass is 10.2. The van der Waals surface area contributed by atoms with Crippen LogP contribution in [0.5, 0.6) is 0 Å². The number of nitrogens with two attached hydrogens (primary N) is 1. The Morgan fingerprint density at radius 2 is 2.33 bits per heavy atom. The standard InChI is InChI=1S/C15H26N4O2/c1-11(2)9-19-12(3)14(8-17-19)15(20)18-5-4-6-21-13(7-16)10-18/h8,11,13H,4-7,9-10,16H2,1-3H3. The lowest BCUT2D eigenvalue weighted by Crippen LogP contribution is -2.39. The molecule has 0 aliphatic carbocycles. The Bertz CT molecular complexity index is 484. The minimum absolute atomic E-state index is 0.0338. The fourth-order valence-corrected chi connectivity index (χ4v) is 2.58. The lowest BCUT2D eigenvalue weighted by Gasteiger charge is -2.23. The number of ether oxygens (including phenoxy) is 1. The first-order valence-corrected chi connectivity index (χ1v) is 7.66. The summed E-state index contributed by atoms with van der Waals surface area (Å²) in [4.78, 5) is 14.6. The Labute approximate surface area is 126 Å². The zero-order valence-electron chi connectivity index (χ0n) is 13.2. The van der Waals surface area contributed by atoms with Gasteiger partial charge in [0.15, 0.2) is 0 Å². The van der Waals surface area contributed by atoms with Crippen LogP contribution in [-0.4, -0.2) is 52.9 Å². The van der Waals surface area contributed by atoms with Gasteiger partial charge in [-0.2, -0.15) is 5.10 Å². The van der Waals surface area contributed by atoms with E-state index in [1.165, 1.54) is 0 Å². The van der Waals surface area contributed by atoms with E-state index in [9.17, 15) is 4.79 Å². The molecule has 1 aromatic rings. The molecule has 118 valence electrons. The topological polar surface area (TPSA) is 73.4 Å². The maximum Gasteiger partial charge on any atom is 0.257 e. The van der Waals surface area contributed by atoms with E-state index in [0.29, 0.717) is 37.7 Å². The first kappa shape index (κ1) is 16.0. The summed E-state index contributed by atoms with van der Waals surface area (Å²) >= 11 is 0. The van der Waals surface area contributed by atoms with Gasteiger partial charge >= 0.3 is 0 Å². The fraction of sp³-hybridized carbons (Fsp3) is 0.733. The maximum absolute atomic E-state index is 12.7. The van der Waals surface area contributed by atoms with Crippen molar-refractivity contribution in [2.45, 2.75) is 39.8 Å². The van der Waals surface area contributed by atoms with Gasteiger partial charge in [0.05, 0.1) is 17.9 Å². The lowest BCUT2D eigenvalue weighted by molar-refractivity contribution is 0.0519. The molecule has 1 fully saturated rings. The van der Waals surface area contributed by atoms with Gasteiger partial charge in [0, 0.05) is 38.5 Å². The number of rotatable bonds is 4. The van der Waals surface area contributed by atoms with Gasteiger partial charge in [-0.05, 0) is 19.3 Å². The van der Waals surface area contributed by atoms with E-state index in [4.69, 9.17) is 10.5 Å². The molecule has 21 heavy (non-hydrogen) atoms. The number of hydrogen-bond acceptors (Lipinski definition) is 4. The highest BCUT2D eigenvalue weighted by molar-refractivity contribution is 5.95. The van der Waals surface area contributed by atoms with Crippen molar-refractivity contribution < 1.29 is 9.53 Å². The second-order valence-electron chi connectivity index (χ2n) is 6.05. The number of carbonyl (C=O) groups excluding carboxylic acids is 1. The van der Waals surface area contributed by atoms with Gasteiger partial charge < -0.3 is 15.4 Å². The molecule has 1 unspecified atom stereocenters. The summed E-state index contributed by atoms with van der Waals surface area (Å²) in [6, 6.07) is 0. The monoisotopic (exact) mass is 294 g/mol. The van der Waals surface area contributed by atoms with Crippen molar-refractivity contribution in [3.05, 3.63) is 17.5 Å². The molecule has 2 heterocycles. The van der Waals surface area contributed by atoms with Gasteiger partial charge in [-0.25, -0.2) is 0 Å². The summed E-state index contributed by atoms with van der Waals surface area (Å²) in [5.41, 5.74) is 7.30. The van der Waals surface area contributed by atoms with Gasteiger partial charge in [-0.1, -0.05) is 13.8 Å². The number of amides is 1. The first-order chi connectivity index (χ1) is 10.0. The third-order valence-corrected chi connectivity index (χ3v) is 3.77. The Kier molecular flexibility index (Phi) is 5.36. The highest BCUT2D eigenvalue weighted by Crippen LogP contribution is 2.15. The zero-order chi connectivity index (χ0) is 15.4. The van der Waals surface area contributed by atoms with E-state index in [2.05, 4.69) is 18.9 Å². The van der Waals surface area contributed by atoms with Crippen molar-refractivity contribution in [3.63, 3.8) is 0 Å². The third-order valence-electron chi connectivity index (χ3n) is 3.77. The summed E-state index contributed by atoms with van der Waals surface area (Å²) in [7, 11) is 0. The summed E-state index contributed by atoms with van der Waals surface area (Å²) in [5.74, 6) is 0.534. The largest absolute Gasteiger partial charge is 0.375 e. The first-order valence-electron chi connectivity index (χ1n) is 7.66. The number of carbonyl (C=O) groups is 1. The van der Waals surface area contributed by atoms with Gasteiger partial charge in [-0.3, -0.25) is 9.48 Å². The second kappa shape index (κ2) is 7.04. The second-order valence-corrected chi connectivity index (χ2v) is 6.05. The van der Waals surface area contributed by atoms with Crippen molar-refractivity contribution in [2.75, 3.05) is 26.2 Å². The molecular formula is C15H26N4O2. The molecule has 6 nitrogen and oxygen atoms in total. The summed E-state index contributed by atoms with van der Waals surface area (Å²) < 4.78 is 7.53. The Morgan fingerprint density at radius 3 is 3.00 bits per heavy atom. The van der Waals surface area contributed by atoms with Crippen molar-refractivity contribution in [1.82, 2.24) is 14.7 Å². The van der Waals surface area contributed by atoms with Crippen molar-refractivity contribution in [1.29, 1.82) is 0 Å². The van der Waals surface area contributed by atoms with Crippen molar-refractivity contribution in [2.24, 2.45) is 11.7 Å². The zero-order valence-corrected chi connectivity index (χ0v) is 13.2. The molecule has 1 aliphatic rings. The molecule has 6 heteroatoms. The Hall–Kier alpha value is -1.40. The molecule has 2 rings (SSSR count). The Balaban J connectivity index is 2.13. The van der Waals surface area contributed by atoms with Crippen molar-refractivity contribution >= 4 is 5.91 Å². The fourth-order valence-electron chi connectivity index (χ4n) is 2.58. The molecule has 1 aromatic heterocycles. The van der Waals surface area contributed by atoms with Crippen molar-refractivity contribution in [3.8, 4) is 0 Å². The molecule has 0 bridgehead atoms. The number of hydrogen-bond donors (Lipinski definition) is 1. The van der Waals surface area contributed by atoms with E-state index in [1.54, 1.807) is 6.20 Å². The highest BCUT2D eigenvalue weighted by atomic mass is 16.5. The van der Waals surface area contributed by atoms with Gasteiger partial charge in [0.2, 0.25) is 0 Å².